The Kier molecular flexibility index (Phi) is 3.42. The van der Waals surface area contributed by atoms with E-state index < -0.39 is 12.2 Å². The van der Waals surface area contributed by atoms with Gasteiger partial charge in [0.1, 0.15) is 6.04 Å². The van der Waals surface area contributed by atoms with Crippen LogP contribution in [0.3, 0.4) is 0 Å². The molecule has 2 N–H and O–H groups in total. The fraction of sp³-hybridized carbons (Fsp3) is 0.727. The minimum absolute atomic E-state index is 0.247. The molecule has 3 nitrogen and oxygen atoms in total. The van der Waals surface area contributed by atoms with Crippen LogP contribution in [-0.4, -0.2) is 22.0 Å². The number of rotatable bonds is 3. The van der Waals surface area contributed by atoms with Crippen molar-refractivity contribution in [1.82, 2.24) is 9.78 Å². The Bertz CT molecular complexity index is 366. The third kappa shape index (κ3) is 3.00. The Morgan fingerprint density at radius 1 is 1.41 bits per heavy atom. The number of nitrogens with zero attached hydrogens (tertiary/aromatic N) is 2. The molecule has 1 unspecified atom stereocenters. The van der Waals surface area contributed by atoms with Gasteiger partial charge < -0.3 is 5.73 Å². The lowest BCUT2D eigenvalue weighted by Crippen LogP contribution is -2.39. The molecule has 0 radical (unpaired) electrons. The van der Waals surface area contributed by atoms with E-state index in [1.807, 2.05) is 0 Å². The summed E-state index contributed by atoms with van der Waals surface area (Å²) in [6.45, 7) is 0. The molecule has 17 heavy (non-hydrogen) atoms. The highest BCUT2D eigenvalue weighted by molar-refractivity contribution is 5.03. The van der Waals surface area contributed by atoms with Crippen molar-refractivity contribution < 1.29 is 13.2 Å². The molecule has 0 saturated heterocycles. The highest BCUT2D eigenvalue weighted by atomic mass is 19.4. The SMILES string of the molecule is NC(Cc1ccn(C2CCCC2)n1)C(F)(F)F. The van der Waals surface area contributed by atoms with Crippen LogP contribution < -0.4 is 5.73 Å². The van der Waals surface area contributed by atoms with E-state index in [0.717, 1.165) is 12.8 Å². The van der Waals surface area contributed by atoms with Gasteiger partial charge in [0.25, 0.3) is 0 Å². The first-order valence-electron chi connectivity index (χ1n) is 5.83. The molecule has 1 heterocycles. The van der Waals surface area contributed by atoms with E-state index in [2.05, 4.69) is 5.10 Å². The van der Waals surface area contributed by atoms with Crippen LogP contribution in [0.1, 0.15) is 37.4 Å². The van der Waals surface area contributed by atoms with E-state index in [9.17, 15) is 13.2 Å². The number of hydrogen-bond acceptors (Lipinski definition) is 2. The molecule has 0 aliphatic heterocycles. The van der Waals surface area contributed by atoms with E-state index in [4.69, 9.17) is 5.73 Å². The van der Waals surface area contributed by atoms with E-state index in [1.54, 1.807) is 16.9 Å². The fourth-order valence-electron chi connectivity index (χ4n) is 2.20. The largest absolute Gasteiger partial charge is 0.404 e. The molecular formula is C11H16F3N3. The smallest absolute Gasteiger partial charge is 0.320 e. The normalized spacial score (nSPS) is 19.8. The molecule has 1 aliphatic rings. The van der Waals surface area contributed by atoms with E-state index in [-0.39, 0.29) is 6.42 Å². The molecular weight excluding hydrogens is 231 g/mol. The minimum atomic E-state index is -4.35. The topological polar surface area (TPSA) is 43.8 Å². The van der Waals surface area contributed by atoms with Crippen LogP contribution in [0, 0.1) is 0 Å². The van der Waals surface area contributed by atoms with Crippen molar-refractivity contribution in [3.05, 3.63) is 18.0 Å². The van der Waals surface area contributed by atoms with Gasteiger partial charge in [-0.3, -0.25) is 4.68 Å². The Balaban J connectivity index is 1.98. The molecule has 6 heteroatoms. The summed E-state index contributed by atoms with van der Waals surface area (Å²) in [4.78, 5) is 0. The third-order valence-electron chi connectivity index (χ3n) is 3.21. The predicted octanol–water partition coefficient (Wildman–Crippen LogP) is 2.43. The van der Waals surface area contributed by atoms with Crippen molar-refractivity contribution in [2.75, 3.05) is 0 Å². The van der Waals surface area contributed by atoms with Crippen LogP contribution in [0.25, 0.3) is 0 Å². The predicted molar refractivity (Wildman–Crippen MR) is 57.5 cm³/mol. The van der Waals surface area contributed by atoms with Crippen molar-refractivity contribution >= 4 is 0 Å². The average molecular weight is 247 g/mol. The van der Waals surface area contributed by atoms with Gasteiger partial charge in [0, 0.05) is 12.6 Å². The molecule has 1 saturated carbocycles. The van der Waals surface area contributed by atoms with Crippen LogP contribution in [0.4, 0.5) is 13.2 Å². The third-order valence-corrected chi connectivity index (χ3v) is 3.21. The zero-order chi connectivity index (χ0) is 12.5. The first-order chi connectivity index (χ1) is 7.97. The molecule has 1 aromatic rings. The lowest BCUT2D eigenvalue weighted by molar-refractivity contribution is -0.147. The van der Waals surface area contributed by atoms with Crippen molar-refractivity contribution in [2.45, 2.75) is 50.4 Å². The number of nitrogens with two attached hydrogens (primary N) is 1. The van der Waals surface area contributed by atoms with Crippen molar-refractivity contribution in [3.8, 4) is 0 Å². The molecule has 1 aliphatic carbocycles. The summed E-state index contributed by atoms with van der Waals surface area (Å²) in [5.74, 6) is 0. The second-order valence-corrected chi connectivity index (χ2v) is 4.58. The van der Waals surface area contributed by atoms with E-state index in [0.29, 0.717) is 11.7 Å². The second-order valence-electron chi connectivity index (χ2n) is 4.58. The van der Waals surface area contributed by atoms with E-state index >= 15 is 0 Å². The van der Waals surface area contributed by atoms with Gasteiger partial charge >= 0.3 is 6.18 Å². The van der Waals surface area contributed by atoms with Gasteiger partial charge in [-0.05, 0) is 18.9 Å². The highest BCUT2D eigenvalue weighted by Crippen LogP contribution is 2.29. The minimum Gasteiger partial charge on any atom is -0.320 e. The molecule has 1 fully saturated rings. The van der Waals surface area contributed by atoms with Crippen LogP contribution in [0.2, 0.25) is 0 Å². The Morgan fingerprint density at radius 2 is 2.06 bits per heavy atom. The molecule has 2 rings (SSSR count). The Hall–Kier alpha value is -1.04. The summed E-state index contributed by atoms with van der Waals surface area (Å²) >= 11 is 0. The Morgan fingerprint density at radius 3 is 2.65 bits per heavy atom. The summed E-state index contributed by atoms with van der Waals surface area (Å²) in [6.07, 6.45) is 1.62. The Labute approximate surface area is 97.8 Å². The monoisotopic (exact) mass is 247 g/mol. The lowest BCUT2D eigenvalue weighted by Gasteiger charge is -2.14. The first-order valence-corrected chi connectivity index (χ1v) is 5.83. The molecule has 0 amide bonds. The zero-order valence-corrected chi connectivity index (χ0v) is 9.45. The summed E-state index contributed by atoms with van der Waals surface area (Å²) in [5, 5.41) is 4.18. The van der Waals surface area contributed by atoms with Gasteiger partial charge in [-0.2, -0.15) is 18.3 Å². The molecule has 1 aromatic heterocycles. The molecule has 0 bridgehead atoms. The van der Waals surface area contributed by atoms with Gasteiger partial charge in [-0.1, -0.05) is 12.8 Å². The standard InChI is InChI=1S/C11H16F3N3/c12-11(13,14)10(15)7-8-5-6-17(16-8)9-3-1-2-4-9/h5-6,9-10H,1-4,7,15H2. The van der Waals surface area contributed by atoms with Gasteiger partial charge in [-0.25, -0.2) is 0 Å². The quantitative estimate of drug-likeness (QED) is 0.891. The van der Waals surface area contributed by atoms with Crippen LogP contribution in [-0.2, 0) is 6.42 Å². The summed E-state index contributed by atoms with van der Waals surface area (Å²) in [5.41, 5.74) is 5.49. The average Bonchev–Trinajstić information content (AvgIpc) is 2.83. The fourth-order valence-corrected chi connectivity index (χ4v) is 2.20. The first kappa shape index (κ1) is 12.4. The van der Waals surface area contributed by atoms with Crippen molar-refractivity contribution in [2.24, 2.45) is 5.73 Å². The highest BCUT2D eigenvalue weighted by Gasteiger charge is 2.37. The summed E-state index contributed by atoms with van der Waals surface area (Å²) in [7, 11) is 0. The van der Waals surface area contributed by atoms with Crippen LogP contribution >= 0.6 is 0 Å². The van der Waals surface area contributed by atoms with Crippen molar-refractivity contribution in [1.29, 1.82) is 0 Å². The lowest BCUT2D eigenvalue weighted by atomic mass is 10.2. The van der Waals surface area contributed by atoms with Gasteiger partial charge in [0.2, 0.25) is 0 Å². The maximum Gasteiger partial charge on any atom is 0.404 e. The summed E-state index contributed by atoms with van der Waals surface area (Å²) in [6, 6.07) is 0.157. The number of halogens is 3. The maximum atomic E-state index is 12.3. The van der Waals surface area contributed by atoms with Crippen LogP contribution in [0.15, 0.2) is 12.3 Å². The van der Waals surface area contributed by atoms with Gasteiger partial charge in [-0.15, -0.1) is 0 Å². The second kappa shape index (κ2) is 4.68. The van der Waals surface area contributed by atoms with Gasteiger partial charge in [0.05, 0.1) is 11.7 Å². The molecule has 0 aromatic carbocycles. The van der Waals surface area contributed by atoms with Crippen LogP contribution in [0.5, 0.6) is 0 Å². The molecule has 0 spiro atoms. The van der Waals surface area contributed by atoms with Crippen molar-refractivity contribution in [3.63, 3.8) is 0 Å². The zero-order valence-electron chi connectivity index (χ0n) is 9.45. The number of alkyl halides is 3. The maximum absolute atomic E-state index is 12.3. The molecule has 96 valence electrons. The summed E-state index contributed by atoms with van der Waals surface area (Å²) < 4.78 is 38.6. The number of aromatic nitrogens is 2. The van der Waals surface area contributed by atoms with E-state index in [1.165, 1.54) is 12.8 Å². The number of hydrogen-bond donors (Lipinski definition) is 1. The molecule has 1 atom stereocenters. The van der Waals surface area contributed by atoms with Gasteiger partial charge in [0.15, 0.2) is 0 Å².